The van der Waals surface area contributed by atoms with Crippen LogP contribution in [0.1, 0.15) is 26.3 Å². The molecule has 0 bridgehead atoms. The number of imide groups is 1. The van der Waals surface area contributed by atoms with E-state index >= 15 is 0 Å². The van der Waals surface area contributed by atoms with Gasteiger partial charge in [0.05, 0.1) is 45.2 Å². The molecule has 3 aromatic carbocycles. The van der Waals surface area contributed by atoms with Gasteiger partial charge in [0.2, 0.25) is 0 Å². The zero-order valence-corrected chi connectivity index (χ0v) is 18.1. The van der Waals surface area contributed by atoms with Crippen LogP contribution in [0.4, 0.5) is 11.4 Å². The maximum absolute atomic E-state index is 13.2. The van der Waals surface area contributed by atoms with Crippen LogP contribution in [0.15, 0.2) is 88.6 Å². The van der Waals surface area contributed by atoms with Gasteiger partial charge in [-0.2, -0.15) is 5.26 Å². The summed E-state index contributed by atoms with van der Waals surface area (Å²) >= 11 is 0. The van der Waals surface area contributed by atoms with Crippen LogP contribution < -0.4 is 9.62 Å². The van der Waals surface area contributed by atoms with E-state index in [2.05, 4.69) is 9.71 Å². The summed E-state index contributed by atoms with van der Waals surface area (Å²) in [5, 5.41) is 8.97. The third-order valence-corrected chi connectivity index (χ3v) is 6.68. The molecule has 0 atom stereocenters. The van der Waals surface area contributed by atoms with Crippen molar-refractivity contribution in [3.63, 3.8) is 0 Å². The van der Waals surface area contributed by atoms with Crippen LogP contribution in [0, 0.1) is 11.3 Å². The molecule has 0 radical (unpaired) electrons. The van der Waals surface area contributed by atoms with Gasteiger partial charge in [0, 0.05) is 5.56 Å². The molecule has 34 heavy (non-hydrogen) atoms. The van der Waals surface area contributed by atoms with Crippen molar-refractivity contribution in [2.75, 3.05) is 9.62 Å². The number of rotatable bonds is 5. The number of fused-ring (bicyclic) bond motifs is 1. The maximum Gasteiger partial charge on any atom is 0.268 e. The van der Waals surface area contributed by atoms with Gasteiger partial charge in [0.25, 0.3) is 21.8 Å². The van der Waals surface area contributed by atoms with Crippen molar-refractivity contribution < 1.29 is 22.4 Å². The zero-order chi connectivity index (χ0) is 23.9. The van der Waals surface area contributed by atoms with Gasteiger partial charge in [-0.15, -0.1) is 0 Å². The standard InChI is InChI=1S/C24H14N4O5S/c25-12-15-4-8-17(9-5-15)28-23(29)19-2-1-3-20(22(19)24(28)30)27-34(31,32)18-10-6-16(7-11-18)21-13-26-14-33-21/h1-11,13-14,27H. The minimum absolute atomic E-state index is 0.00805. The molecule has 2 amide bonds. The Kier molecular flexibility index (Phi) is 4.96. The highest BCUT2D eigenvalue weighted by molar-refractivity contribution is 7.92. The van der Waals surface area contributed by atoms with Gasteiger partial charge in [-0.25, -0.2) is 18.3 Å². The van der Waals surface area contributed by atoms with E-state index in [9.17, 15) is 18.0 Å². The Balaban J connectivity index is 1.46. The van der Waals surface area contributed by atoms with Crippen LogP contribution in [-0.4, -0.2) is 25.2 Å². The number of aromatic nitrogens is 1. The number of oxazole rings is 1. The lowest BCUT2D eigenvalue weighted by Gasteiger charge is -2.14. The molecule has 0 fully saturated rings. The third kappa shape index (κ3) is 3.50. The van der Waals surface area contributed by atoms with Crippen molar-refractivity contribution in [1.29, 1.82) is 5.26 Å². The fourth-order valence-corrected chi connectivity index (χ4v) is 4.72. The fraction of sp³-hybridized carbons (Fsp3) is 0. The van der Waals surface area contributed by atoms with E-state index in [4.69, 9.17) is 9.68 Å². The molecule has 2 heterocycles. The summed E-state index contributed by atoms with van der Waals surface area (Å²) in [5.74, 6) is -0.754. The van der Waals surface area contributed by atoms with E-state index in [-0.39, 0.29) is 27.4 Å². The van der Waals surface area contributed by atoms with Crippen LogP contribution in [0.3, 0.4) is 0 Å². The molecule has 1 aromatic heterocycles. The molecule has 10 heteroatoms. The molecule has 0 unspecified atom stereocenters. The van der Waals surface area contributed by atoms with Gasteiger partial charge in [0.15, 0.2) is 12.2 Å². The number of amides is 2. The predicted octanol–water partition coefficient (Wildman–Crippen LogP) is 3.81. The van der Waals surface area contributed by atoms with Crippen molar-refractivity contribution in [3.05, 3.63) is 96.0 Å². The second kappa shape index (κ2) is 7.99. The molecule has 5 rings (SSSR count). The number of sulfonamides is 1. The lowest BCUT2D eigenvalue weighted by molar-refractivity contribution is 0.0926. The first kappa shape index (κ1) is 21.1. The number of hydrogen-bond donors (Lipinski definition) is 1. The Hall–Kier alpha value is -4.75. The van der Waals surface area contributed by atoms with Crippen LogP contribution in [0.5, 0.6) is 0 Å². The molecule has 0 spiro atoms. The molecular weight excluding hydrogens is 456 g/mol. The monoisotopic (exact) mass is 470 g/mol. The first-order valence-corrected chi connectivity index (χ1v) is 11.4. The molecule has 9 nitrogen and oxygen atoms in total. The Labute approximate surface area is 193 Å². The van der Waals surface area contributed by atoms with Gasteiger partial charge in [-0.05, 0) is 60.7 Å². The third-order valence-electron chi connectivity index (χ3n) is 5.30. The van der Waals surface area contributed by atoms with Gasteiger partial charge in [0.1, 0.15) is 0 Å². The van der Waals surface area contributed by atoms with Gasteiger partial charge < -0.3 is 4.42 Å². The summed E-state index contributed by atoms with van der Waals surface area (Å²) in [6.07, 6.45) is 2.79. The average molecular weight is 470 g/mol. The summed E-state index contributed by atoms with van der Waals surface area (Å²) in [6.45, 7) is 0. The van der Waals surface area contributed by atoms with Gasteiger partial charge in [-0.3, -0.25) is 14.3 Å². The Morgan fingerprint density at radius 2 is 1.68 bits per heavy atom. The molecule has 0 saturated heterocycles. The van der Waals surface area contributed by atoms with E-state index in [1.807, 2.05) is 6.07 Å². The number of carbonyl (C=O) groups is 2. The van der Waals surface area contributed by atoms with E-state index in [1.165, 1.54) is 67.2 Å². The van der Waals surface area contributed by atoms with Crippen LogP contribution in [-0.2, 0) is 10.0 Å². The Bertz CT molecular complexity index is 1570. The molecule has 1 N–H and O–H groups in total. The van der Waals surface area contributed by atoms with E-state index < -0.39 is 21.8 Å². The largest absolute Gasteiger partial charge is 0.444 e. The minimum Gasteiger partial charge on any atom is -0.444 e. The summed E-state index contributed by atoms with van der Waals surface area (Å²) in [4.78, 5) is 30.9. The van der Waals surface area contributed by atoms with Crippen LogP contribution >= 0.6 is 0 Å². The molecule has 4 aromatic rings. The van der Waals surface area contributed by atoms with E-state index in [1.54, 1.807) is 12.1 Å². The number of nitrogens with one attached hydrogen (secondary N) is 1. The second-order valence-electron chi connectivity index (χ2n) is 7.33. The lowest BCUT2D eigenvalue weighted by atomic mass is 10.1. The predicted molar refractivity (Wildman–Crippen MR) is 121 cm³/mol. The van der Waals surface area contributed by atoms with Crippen molar-refractivity contribution in [2.45, 2.75) is 4.90 Å². The highest BCUT2D eigenvalue weighted by atomic mass is 32.2. The minimum atomic E-state index is -4.07. The van der Waals surface area contributed by atoms with Crippen molar-refractivity contribution >= 4 is 33.2 Å². The summed E-state index contributed by atoms with van der Waals surface area (Å²) in [7, 11) is -4.07. The highest BCUT2D eigenvalue weighted by Gasteiger charge is 2.39. The fourth-order valence-electron chi connectivity index (χ4n) is 3.65. The number of benzene rings is 3. The average Bonchev–Trinajstić information content (AvgIpc) is 3.47. The summed E-state index contributed by atoms with van der Waals surface area (Å²) in [6, 6.07) is 18.3. The number of nitrogens with zero attached hydrogens (tertiary/aromatic N) is 3. The molecule has 0 aliphatic carbocycles. The molecule has 1 aliphatic heterocycles. The number of hydrogen-bond acceptors (Lipinski definition) is 7. The second-order valence-corrected chi connectivity index (χ2v) is 9.01. The van der Waals surface area contributed by atoms with Crippen molar-refractivity contribution in [1.82, 2.24) is 4.98 Å². The quantitative estimate of drug-likeness (QED) is 0.438. The van der Waals surface area contributed by atoms with E-state index in [0.29, 0.717) is 16.9 Å². The smallest absolute Gasteiger partial charge is 0.268 e. The lowest BCUT2D eigenvalue weighted by Crippen LogP contribution is -2.29. The molecule has 0 saturated carbocycles. The first-order chi connectivity index (χ1) is 16.4. The van der Waals surface area contributed by atoms with Crippen LogP contribution in [0.2, 0.25) is 0 Å². The molecular formula is C24H14N4O5S. The Morgan fingerprint density at radius 3 is 2.32 bits per heavy atom. The summed E-state index contributed by atoms with van der Waals surface area (Å²) in [5.41, 5.74) is 1.33. The highest BCUT2D eigenvalue weighted by Crippen LogP contribution is 2.34. The van der Waals surface area contributed by atoms with Gasteiger partial charge >= 0.3 is 0 Å². The summed E-state index contributed by atoms with van der Waals surface area (Å²) < 4.78 is 33.7. The van der Waals surface area contributed by atoms with Crippen LogP contribution in [0.25, 0.3) is 11.3 Å². The van der Waals surface area contributed by atoms with Crippen molar-refractivity contribution in [2.24, 2.45) is 0 Å². The maximum atomic E-state index is 13.2. The topological polar surface area (TPSA) is 133 Å². The molecule has 166 valence electrons. The normalized spacial score (nSPS) is 13.0. The SMILES string of the molecule is N#Cc1ccc(N2C(=O)c3cccc(NS(=O)(=O)c4ccc(-c5cnco5)cc4)c3C2=O)cc1. The number of carbonyl (C=O) groups excluding carboxylic acids is 2. The first-order valence-electron chi connectivity index (χ1n) is 9.93. The van der Waals surface area contributed by atoms with E-state index in [0.717, 1.165) is 4.90 Å². The number of nitriles is 1. The van der Waals surface area contributed by atoms with Crippen molar-refractivity contribution in [3.8, 4) is 17.4 Å². The zero-order valence-electron chi connectivity index (χ0n) is 17.3. The number of anilines is 2. The molecule has 1 aliphatic rings. The Morgan fingerprint density at radius 1 is 0.941 bits per heavy atom. The van der Waals surface area contributed by atoms with Gasteiger partial charge in [-0.1, -0.05) is 6.07 Å².